The van der Waals surface area contributed by atoms with Gasteiger partial charge in [-0.1, -0.05) is 18.2 Å². The molecule has 0 fully saturated rings. The van der Waals surface area contributed by atoms with Crippen LogP contribution in [-0.4, -0.2) is 21.8 Å². The third-order valence-corrected chi connectivity index (χ3v) is 5.89. The molecule has 0 saturated heterocycles. The lowest BCUT2D eigenvalue weighted by molar-refractivity contribution is -0.115. The monoisotopic (exact) mass is 431 g/mol. The van der Waals surface area contributed by atoms with E-state index in [1.165, 1.54) is 18.3 Å². The number of nitrogens with zero attached hydrogens (tertiary/aromatic N) is 3. The Kier molecular flexibility index (Phi) is 5.77. The van der Waals surface area contributed by atoms with Gasteiger partial charge < -0.3 is 4.74 Å². The summed E-state index contributed by atoms with van der Waals surface area (Å²) in [7, 11) is 0. The SMILES string of the molecule is CC(=O)N(c1ccc(C)c(C)c1)c1nc(COC(=O)c2cccc3ncccc23)cs1. The molecule has 0 aliphatic rings. The summed E-state index contributed by atoms with van der Waals surface area (Å²) in [4.78, 5) is 35.3. The van der Waals surface area contributed by atoms with Crippen molar-refractivity contribution in [2.24, 2.45) is 0 Å². The van der Waals surface area contributed by atoms with Crippen LogP contribution in [0.25, 0.3) is 10.9 Å². The van der Waals surface area contributed by atoms with E-state index < -0.39 is 5.97 Å². The maximum Gasteiger partial charge on any atom is 0.339 e. The fourth-order valence-corrected chi connectivity index (χ4v) is 4.13. The molecule has 1 amide bonds. The maximum absolute atomic E-state index is 12.6. The van der Waals surface area contributed by atoms with Gasteiger partial charge in [0.1, 0.15) is 6.61 Å². The smallest absolute Gasteiger partial charge is 0.339 e. The second-order valence-corrected chi connectivity index (χ2v) is 8.03. The quantitative estimate of drug-likeness (QED) is 0.398. The number of carbonyl (C=O) groups is 2. The van der Waals surface area contributed by atoms with Crippen LogP contribution in [-0.2, 0) is 16.1 Å². The number of pyridine rings is 1. The number of anilines is 2. The molecule has 2 aromatic carbocycles. The Hall–Kier alpha value is -3.58. The van der Waals surface area contributed by atoms with E-state index in [0.717, 1.165) is 27.7 Å². The number of aromatic nitrogens is 2. The van der Waals surface area contributed by atoms with Crippen LogP contribution in [0.2, 0.25) is 0 Å². The van der Waals surface area contributed by atoms with E-state index in [2.05, 4.69) is 9.97 Å². The topological polar surface area (TPSA) is 72.4 Å². The second-order valence-electron chi connectivity index (χ2n) is 7.20. The number of aryl methyl sites for hydroxylation is 2. The van der Waals surface area contributed by atoms with Gasteiger partial charge in [0, 0.05) is 23.9 Å². The van der Waals surface area contributed by atoms with Crippen LogP contribution in [0.3, 0.4) is 0 Å². The lowest BCUT2D eigenvalue weighted by Gasteiger charge is -2.19. The number of ether oxygens (including phenoxy) is 1. The average molecular weight is 432 g/mol. The molecule has 0 bridgehead atoms. The van der Waals surface area contributed by atoms with E-state index in [4.69, 9.17) is 4.74 Å². The van der Waals surface area contributed by atoms with Gasteiger partial charge in [-0.05, 0) is 55.3 Å². The number of hydrogen-bond acceptors (Lipinski definition) is 6. The van der Waals surface area contributed by atoms with Crippen LogP contribution in [0.1, 0.15) is 34.1 Å². The highest BCUT2D eigenvalue weighted by Gasteiger charge is 2.19. The zero-order valence-corrected chi connectivity index (χ0v) is 18.3. The van der Waals surface area contributed by atoms with Crippen LogP contribution in [0.5, 0.6) is 0 Å². The summed E-state index contributed by atoms with van der Waals surface area (Å²) in [5.41, 5.74) is 4.79. The summed E-state index contributed by atoms with van der Waals surface area (Å²) in [5.74, 6) is -0.574. The lowest BCUT2D eigenvalue weighted by atomic mass is 10.1. The van der Waals surface area contributed by atoms with Crippen molar-refractivity contribution in [2.75, 3.05) is 4.90 Å². The first kappa shape index (κ1) is 20.7. The molecule has 0 N–H and O–H groups in total. The number of rotatable bonds is 5. The summed E-state index contributed by atoms with van der Waals surface area (Å²) in [5, 5.41) is 3.08. The zero-order valence-electron chi connectivity index (χ0n) is 17.5. The fourth-order valence-electron chi connectivity index (χ4n) is 3.26. The van der Waals surface area contributed by atoms with Crippen LogP contribution < -0.4 is 4.90 Å². The van der Waals surface area contributed by atoms with Crippen molar-refractivity contribution in [1.29, 1.82) is 0 Å². The molecule has 0 aliphatic heterocycles. The largest absolute Gasteiger partial charge is 0.456 e. The van der Waals surface area contributed by atoms with Crippen LogP contribution in [0.15, 0.2) is 60.1 Å². The molecular formula is C24H21N3O3S. The van der Waals surface area contributed by atoms with Gasteiger partial charge in [-0.15, -0.1) is 11.3 Å². The predicted octanol–water partition coefficient (Wildman–Crippen LogP) is 5.35. The number of thiazole rings is 1. The normalized spacial score (nSPS) is 10.8. The minimum absolute atomic E-state index is 0.0185. The summed E-state index contributed by atoms with van der Waals surface area (Å²) in [6.45, 7) is 5.56. The van der Waals surface area contributed by atoms with Crippen molar-refractivity contribution in [3.05, 3.63) is 82.5 Å². The van der Waals surface area contributed by atoms with Crippen LogP contribution in [0, 0.1) is 13.8 Å². The molecule has 6 nitrogen and oxygen atoms in total. The first-order chi connectivity index (χ1) is 14.9. The van der Waals surface area contributed by atoms with Crippen LogP contribution in [0.4, 0.5) is 10.8 Å². The van der Waals surface area contributed by atoms with E-state index >= 15 is 0 Å². The molecule has 0 aliphatic carbocycles. The molecule has 2 aromatic heterocycles. The van der Waals surface area contributed by atoms with Crippen molar-refractivity contribution in [3.63, 3.8) is 0 Å². The van der Waals surface area contributed by atoms with Gasteiger partial charge in [0.05, 0.1) is 22.5 Å². The number of amides is 1. The minimum Gasteiger partial charge on any atom is -0.456 e. The van der Waals surface area contributed by atoms with Crippen molar-refractivity contribution >= 4 is 44.9 Å². The number of carbonyl (C=O) groups excluding carboxylic acids is 2. The molecule has 4 rings (SSSR count). The van der Waals surface area contributed by atoms with E-state index in [9.17, 15) is 9.59 Å². The van der Waals surface area contributed by atoms with Crippen molar-refractivity contribution < 1.29 is 14.3 Å². The maximum atomic E-state index is 12.6. The van der Waals surface area contributed by atoms with Crippen molar-refractivity contribution in [1.82, 2.24) is 9.97 Å². The Balaban J connectivity index is 1.52. The van der Waals surface area contributed by atoms with E-state index in [-0.39, 0.29) is 12.5 Å². The molecule has 156 valence electrons. The minimum atomic E-state index is -0.439. The summed E-state index contributed by atoms with van der Waals surface area (Å²) in [6.07, 6.45) is 1.69. The number of hydrogen-bond donors (Lipinski definition) is 0. The van der Waals surface area contributed by atoms with Crippen molar-refractivity contribution in [3.8, 4) is 0 Å². The Bertz CT molecular complexity index is 1280. The molecule has 0 radical (unpaired) electrons. The van der Waals surface area contributed by atoms with Crippen LogP contribution >= 0.6 is 11.3 Å². The zero-order chi connectivity index (χ0) is 22.0. The molecule has 31 heavy (non-hydrogen) atoms. The molecule has 0 saturated carbocycles. The van der Waals surface area contributed by atoms with Gasteiger partial charge in [0.15, 0.2) is 5.13 Å². The Morgan fingerprint density at radius 1 is 1.06 bits per heavy atom. The van der Waals surface area contributed by atoms with Gasteiger partial charge in [-0.2, -0.15) is 0 Å². The highest BCUT2D eigenvalue weighted by molar-refractivity contribution is 7.14. The van der Waals surface area contributed by atoms with Gasteiger partial charge >= 0.3 is 5.97 Å². The Morgan fingerprint density at radius 2 is 1.90 bits per heavy atom. The highest BCUT2D eigenvalue weighted by atomic mass is 32.1. The first-order valence-corrected chi connectivity index (χ1v) is 10.6. The molecule has 0 atom stereocenters. The molecule has 4 aromatic rings. The molecule has 0 spiro atoms. The van der Waals surface area contributed by atoms with E-state index in [1.54, 1.807) is 34.7 Å². The van der Waals surface area contributed by atoms with Gasteiger partial charge in [0.2, 0.25) is 5.91 Å². The third kappa shape index (κ3) is 4.32. The molecule has 0 unspecified atom stereocenters. The Morgan fingerprint density at radius 3 is 2.68 bits per heavy atom. The third-order valence-electron chi connectivity index (χ3n) is 5.01. The van der Waals surface area contributed by atoms with E-state index in [0.29, 0.717) is 16.4 Å². The number of benzene rings is 2. The second kappa shape index (κ2) is 8.65. The highest BCUT2D eigenvalue weighted by Crippen LogP contribution is 2.30. The standard InChI is InChI=1S/C24H21N3O3S/c1-15-9-10-19(12-16(15)2)27(17(3)28)24-26-18(14-31-24)13-30-23(29)21-6-4-8-22-20(21)7-5-11-25-22/h4-12,14H,13H2,1-3H3. The molecular weight excluding hydrogens is 410 g/mol. The van der Waals surface area contributed by atoms with Gasteiger partial charge in [-0.3, -0.25) is 14.7 Å². The predicted molar refractivity (Wildman–Crippen MR) is 122 cm³/mol. The number of esters is 1. The molecule has 7 heteroatoms. The first-order valence-electron chi connectivity index (χ1n) is 9.77. The lowest BCUT2D eigenvalue weighted by Crippen LogP contribution is -2.22. The van der Waals surface area contributed by atoms with Gasteiger partial charge in [-0.25, -0.2) is 9.78 Å². The van der Waals surface area contributed by atoms with Gasteiger partial charge in [0.25, 0.3) is 0 Å². The van der Waals surface area contributed by atoms with E-state index in [1.807, 2.05) is 44.2 Å². The number of fused-ring (bicyclic) bond motifs is 1. The summed E-state index contributed by atoms with van der Waals surface area (Å²) < 4.78 is 5.49. The Labute approximate surface area is 184 Å². The fraction of sp³-hybridized carbons (Fsp3) is 0.167. The molecule has 2 heterocycles. The summed E-state index contributed by atoms with van der Waals surface area (Å²) in [6, 6.07) is 14.8. The summed E-state index contributed by atoms with van der Waals surface area (Å²) >= 11 is 1.33. The van der Waals surface area contributed by atoms with Crippen molar-refractivity contribution in [2.45, 2.75) is 27.4 Å². The average Bonchev–Trinajstić information content (AvgIpc) is 3.22.